The van der Waals surface area contributed by atoms with Gasteiger partial charge in [0.1, 0.15) is 11.6 Å². The van der Waals surface area contributed by atoms with E-state index in [0.717, 1.165) is 6.42 Å². The number of likely N-dealkylation sites (N-methyl/N-ethyl adjacent to an activating group) is 1. The van der Waals surface area contributed by atoms with Crippen molar-refractivity contribution in [2.75, 3.05) is 26.7 Å². The Balaban J connectivity index is 4.34. The maximum absolute atomic E-state index is 11.4. The number of nitrogens with zero attached hydrogens (tertiary/aromatic N) is 2. The Morgan fingerprint density at radius 2 is 2.33 bits per heavy atom. The van der Waals surface area contributed by atoms with Gasteiger partial charge in [0.25, 0.3) is 5.91 Å². The summed E-state index contributed by atoms with van der Waals surface area (Å²) in [6, 6.07) is 1.83. The van der Waals surface area contributed by atoms with Crippen LogP contribution < -0.4 is 5.32 Å². The van der Waals surface area contributed by atoms with Gasteiger partial charge in [-0.15, -0.1) is 0 Å². The number of aliphatic hydroxyl groups is 1. The first-order valence-corrected chi connectivity index (χ1v) is 4.86. The lowest BCUT2D eigenvalue weighted by Crippen LogP contribution is -2.27. The number of rotatable bonds is 6. The van der Waals surface area contributed by atoms with Crippen molar-refractivity contribution >= 4 is 5.91 Å². The van der Waals surface area contributed by atoms with E-state index in [1.54, 1.807) is 11.9 Å². The number of amides is 1. The first-order valence-electron chi connectivity index (χ1n) is 4.86. The highest BCUT2D eigenvalue weighted by Crippen LogP contribution is 1.95. The van der Waals surface area contributed by atoms with Crippen LogP contribution in [0.25, 0.3) is 0 Å². The number of hydrogen-bond acceptors (Lipinski definition) is 4. The van der Waals surface area contributed by atoms with Crippen molar-refractivity contribution in [3.63, 3.8) is 0 Å². The minimum Gasteiger partial charge on any atom is -0.395 e. The van der Waals surface area contributed by atoms with Crippen LogP contribution >= 0.6 is 0 Å². The second-order valence-electron chi connectivity index (χ2n) is 3.11. The monoisotopic (exact) mass is 211 g/mol. The Hall–Kier alpha value is -1.54. The van der Waals surface area contributed by atoms with Gasteiger partial charge < -0.3 is 15.3 Å². The maximum Gasteiger partial charge on any atom is 0.263 e. The highest BCUT2D eigenvalue weighted by atomic mass is 16.3. The van der Waals surface area contributed by atoms with Gasteiger partial charge in [-0.2, -0.15) is 5.26 Å². The predicted molar refractivity (Wildman–Crippen MR) is 56.7 cm³/mol. The van der Waals surface area contributed by atoms with E-state index in [4.69, 9.17) is 10.4 Å². The molecule has 0 aromatic rings. The molecule has 0 atom stereocenters. The third kappa shape index (κ3) is 5.70. The molecule has 0 fully saturated rings. The molecule has 0 aliphatic carbocycles. The smallest absolute Gasteiger partial charge is 0.263 e. The van der Waals surface area contributed by atoms with E-state index in [-0.39, 0.29) is 18.1 Å². The molecule has 0 bridgehead atoms. The zero-order chi connectivity index (χ0) is 11.7. The molecule has 0 rings (SSSR count). The van der Waals surface area contributed by atoms with Crippen LogP contribution in [0.4, 0.5) is 0 Å². The molecule has 5 heteroatoms. The topological polar surface area (TPSA) is 76.4 Å². The van der Waals surface area contributed by atoms with Gasteiger partial charge in [0, 0.05) is 26.3 Å². The van der Waals surface area contributed by atoms with Crippen molar-refractivity contribution in [2.24, 2.45) is 0 Å². The Labute approximate surface area is 90.0 Å². The Kier molecular flexibility index (Phi) is 7.02. The van der Waals surface area contributed by atoms with Crippen LogP contribution in [0.5, 0.6) is 0 Å². The SMILES string of the molecule is CCCNC(=O)/C(C#N)=C\N(C)CCO. The van der Waals surface area contributed by atoms with Gasteiger partial charge in [-0.05, 0) is 6.42 Å². The second-order valence-corrected chi connectivity index (χ2v) is 3.11. The van der Waals surface area contributed by atoms with Crippen molar-refractivity contribution in [1.82, 2.24) is 10.2 Å². The van der Waals surface area contributed by atoms with Crippen molar-refractivity contribution in [2.45, 2.75) is 13.3 Å². The number of nitrogens with one attached hydrogen (secondary N) is 1. The number of carbonyl (C=O) groups excluding carboxylic acids is 1. The third-order valence-electron chi connectivity index (χ3n) is 1.70. The van der Waals surface area contributed by atoms with Crippen LogP contribution in [0.2, 0.25) is 0 Å². The molecule has 2 N–H and O–H groups in total. The normalized spacial score (nSPS) is 10.7. The maximum atomic E-state index is 11.4. The molecular weight excluding hydrogens is 194 g/mol. The van der Waals surface area contributed by atoms with E-state index in [9.17, 15) is 4.79 Å². The van der Waals surface area contributed by atoms with Crippen LogP contribution in [0.1, 0.15) is 13.3 Å². The zero-order valence-corrected chi connectivity index (χ0v) is 9.16. The average molecular weight is 211 g/mol. The van der Waals surface area contributed by atoms with Crippen LogP contribution in [0.15, 0.2) is 11.8 Å². The van der Waals surface area contributed by atoms with Crippen LogP contribution in [0.3, 0.4) is 0 Å². The van der Waals surface area contributed by atoms with Gasteiger partial charge in [-0.25, -0.2) is 0 Å². The molecule has 0 saturated carbocycles. The van der Waals surface area contributed by atoms with Gasteiger partial charge >= 0.3 is 0 Å². The summed E-state index contributed by atoms with van der Waals surface area (Å²) < 4.78 is 0. The molecule has 0 aliphatic heterocycles. The van der Waals surface area contributed by atoms with Gasteiger partial charge in [-0.1, -0.05) is 6.92 Å². The summed E-state index contributed by atoms with van der Waals surface area (Å²) in [5, 5.41) is 20.0. The van der Waals surface area contributed by atoms with Crippen LogP contribution in [-0.2, 0) is 4.79 Å². The lowest BCUT2D eigenvalue weighted by molar-refractivity contribution is -0.117. The largest absolute Gasteiger partial charge is 0.395 e. The van der Waals surface area contributed by atoms with Crippen molar-refractivity contribution in [3.8, 4) is 6.07 Å². The highest BCUT2D eigenvalue weighted by Gasteiger charge is 2.08. The number of aliphatic hydroxyl groups excluding tert-OH is 1. The van der Waals surface area contributed by atoms with Crippen LogP contribution in [0, 0.1) is 11.3 Å². The van der Waals surface area contributed by atoms with Gasteiger partial charge in [0.05, 0.1) is 6.61 Å². The molecule has 0 saturated heterocycles. The van der Waals surface area contributed by atoms with Crippen molar-refractivity contribution in [1.29, 1.82) is 5.26 Å². The highest BCUT2D eigenvalue weighted by molar-refractivity contribution is 5.97. The molecule has 84 valence electrons. The fourth-order valence-corrected chi connectivity index (χ4v) is 0.915. The molecule has 0 aromatic carbocycles. The number of hydrogen-bond donors (Lipinski definition) is 2. The molecule has 5 nitrogen and oxygen atoms in total. The molecule has 0 heterocycles. The summed E-state index contributed by atoms with van der Waals surface area (Å²) in [7, 11) is 1.70. The molecule has 0 spiro atoms. The molecule has 1 amide bonds. The molecule has 15 heavy (non-hydrogen) atoms. The van der Waals surface area contributed by atoms with E-state index in [1.807, 2.05) is 13.0 Å². The first kappa shape index (κ1) is 13.5. The summed E-state index contributed by atoms with van der Waals surface area (Å²) in [6.07, 6.45) is 2.26. The number of nitriles is 1. The van der Waals surface area contributed by atoms with Gasteiger partial charge in [0.2, 0.25) is 0 Å². The summed E-state index contributed by atoms with van der Waals surface area (Å²) >= 11 is 0. The fraction of sp³-hybridized carbons (Fsp3) is 0.600. The summed E-state index contributed by atoms with van der Waals surface area (Å²) in [5.41, 5.74) is 0.0550. The van der Waals surface area contributed by atoms with E-state index in [2.05, 4.69) is 5.32 Å². The lowest BCUT2D eigenvalue weighted by atomic mass is 10.3. The minimum atomic E-state index is -0.371. The fourth-order valence-electron chi connectivity index (χ4n) is 0.915. The average Bonchev–Trinajstić information content (AvgIpc) is 2.22. The Morgan fingerprint density at radius 3 is 2.80 bits per heavy atom. The van der Waals surface area contributed by atoms with Gasteiger partial charge in [-0.3, -0.25) is 4.79 Å². The Morgan fingerprint density at radius 1 is 1.67 bits per heavy atom. The summed E-state index contributed by atoms with van der Waals surface area (Å²) in [6.45, 7) is 2.88. The molecule has 0 aliphatic rings. The van der Waals surface area contributed by atoms with E-state index in [0.29, 0.717) is 13.1 Å². The summed E-state index contributed by atoms with van der Waals surface area (Å²) in [5.74, 6) is -0.371. The van der Waals surface area contributed by atoms with E-state index >= 15 is 0 Å². The lowest BCUT2D eigenvalue weighted by Gasteiger charge is -2.12. The molecule has 0 aromatic heterocycles. The molecular formula is C10H17N3O2. The summed E-state index contributed by atoms with van der Waals surface area (Å²) in [4.78, 5) is 13.0. The second kappa shape index (κ2) is 7.83. The third-order valence-corrected chi connectivity index (χ3v) is 1.70. The number of carbonyl (C=O) groups is 1. The molecule has 0 unspecified atom stereocenters. The first-order chi connectivity index (χ1) is 7.15. The van der Waals surface area contributed by atoms with Crippen molar-refractivity contribution < 1.29 is 9.90 Å². The quantitative estimate of drug-likeness (QED) is 0.473. The Bertz CT molecular complexity index is 268. The van der Waals surface area contributed by atoms with E-state index < -0.39 is 0 Å². The minimum absolute atomic E-state index is 0.0116. The standard InChI is InChI=1S/C10H17N3O2/c1-3-4-12-10(15)9(7-11)8-13(2)5-6-14/h8,14H,3-6H2,1-2H3,(H,12,15)/b9-8-. The van der Waals surface area contributed by atoms with Crippen molar-refractivity contribution in [3.05, 3.63) is 11.8 Å². The molecule has 0 radical (unpaired) electrons. The van der Waals surface area contributed by atoms with Crippen LogP contribution in [-0.4, -0.2) is 42.7 Å². The van der Waals surface area contributed by atoms with Gasteiger partial charge in [0.15, 0.2) is 0 Å². The predicted octanol–water partition coefficient (Wildman–Crippen LogP) is -0.156. The van der Waals surface area contributed by atoms with E-state index in [1.165, 1.54) is 6.20 Å². The zero-order valence-electron chi connectivity index (χ0n) is 9.16.